The molecule has 1 aromatic rings. The second-order valence-electron chi connectivity index (χ2n) is 5.03. The van der Waals surface area contributed by atoms with Gasteiger partial charge in [-0.15, -0.1) is 0 Å². The molecule has 1 aromatic carbocycles. The molecule has 19 heavy (non-hydrogen) atoms. The molecule has 3 atom stereocenters. The summed E-state index contributed by atoms with van der Waals surface area (Å²) in [4.78, 5) is 0. The van der Waals surface area contributed by atoms with Crippen molar-refractivity contribution in [3.63, 3.8) is 0 Å². The average Bonchev–Trinajstić information content (AvgIpc) is 2.98. The van der Waals surface area contributed by atoms with Gasteiger partial charge in [-0.1, -0.05) is 18.2 Å². The molecule has 0 aliphatic carbocycles. The van der Waals surface area contributed by atoms with E-state index in [9.17, 15) is 5.11 Å². The molecular formula is C15H23NO3. The minimum Gasteiger partial charge on any atom is -0.491 e. The third-order valence-electron chi connectivity index (χ3n) is 3.38. The molecule has 1 heterocycles. The van der Waals surface area contributed by atoms with Crippen molar-refractivity contribution >= 4 is 0 Å². The Morgan fingerprint density at radius 2 is 2.21 bits per heavy atom. The molecule has 3 unspecified atom stereocenters. The largest absolute Gasteiger partial charge is 0.491 e. The summed E-state index contributed by atoms with van der Waals surface area (Å²) >= 11 is 0. The predicted octanol–water partition coefficient (Wildman–Crippen LogP) is 1.58. The molecule has 2 rings (SSSR count). The van der Waals surface area contributed by atoms with Crippen LogP contribution in [0.2, 0.25) is 0 Å². The average molecular weight is 265 g/mol. The number of aliphatic hydroxyl groups is 1. The molecular weight excluding hydrogens is 242 g/mol. The minimum absolute atomic E-state index is 0.272. The molecule has 1 fully saturated rings. The standard InChI is InChI=1S/C15H23NO3/c1-12(15-8-5-9-18-15)16-10-13(17)11-19-14-6-3-2-4-7-14/h2-4,6-7,12-13,15-17H,5,8-11H2,1H3. The molecule has 2 N–H and O–H groups in total. The predicted molar refractivity (Wildman–Crippen MR) is 74.4 cm³/mol. The quantitative estimate of drug-likeness (QED) is 0.786. The Hall–Kier alpha value is -1.10. The van der Waals surface area contributed by atoms with Crippen molar-refractivity contribution in [1.29, 1.82) is 0 Å². The lowest BCUT2D eigenvalue weighted by atomic mass is 10.1. The molecule has 4 nitrogen and oxygen atoms in total. The Morgan fingerprint density at radius 3 is 2.89 bits per heavy atom. The van der Waals surface area contributed by atoms with E-state index in [0.29, 0.717) is 13.2 Å². The lowest BCUT2D eigenvalue weighted by Crippen LogP contribution is -2.42. The van der Waals surface area contributed by atoms with Gasteiger partial charge in [0, 0.05) is 19.2 Å². The topological polar surface area (TPSA) is 50.7 Å². The lowest BCUT2D eigenvalue weighted by molar-refractivity contribution is 0.0675. The van der Waals surface area contributed by atoms with E-state index < -0.39 is 6.10 Å². The van der Waals surface area contributed by atoms with Crippen molar-refractivity contribution < 1.29 is 14.6 Å². The minimum atomic E-state index is -0.510. The maximum atomic E-state index is 9.87. The van der Waals surface area contributed by atoms with E-state index in [0.717, 1.165) is 25.2 Å². The van der Waals surface area contributed by atoms with Gasteiger partial charge in [-0.3, -0.25) is 0 Å². The molecule has 0 spiro atoms. The Bertz CT molecular complexity index is 352. The zero-order valence-corrected chi connectivity index (χ0v) is 11.4. The smallest absolute Gasteiger partial charge is 0.119 e. The molecule has 4 heteroatoms. The van der Waals surface area contributed by atoms with Gasteiger partial charge in [0.05, 0.1) is 6.10 Å². The SMILES string of the molecule is CC(NCC(O)COc1ccccc1)C1CCCO1. The van der Waals surface area contributed by atoms with Crippen molar-refractivity contribution in [2.45, 2.75) is 38.0 Å². The number of ether oxygens (including phenoxy) is 2. The number of aliphatic hydroxyl groups excluding tert-OH is 1. The highest BCUT2D eigenvalue weighted by atomic mass is 16.5. The fraction of sp³-hybridized carbons (Fsp3) is 0.600. The zero-order valence-electron chi connectivity index (χ0n) is 11.4. The molecule has 0 aromatic heterocycles. The Kier molecular flexibility index (Phi) is 5.63. The van der Waals surface area contributed by atoms with Gasteiger partial charge >= 0.3 is 0 Å². The van der Waals surface area contributed by atoms with E-state index in [1.807, 2.05) is 30.3 Å². The van der Waals surface area contributed by atoms with E-state index in [4.69, 9.17) is 9.47 Å². The van der Waals surface area contributed by atoms with E-state index in [1.165, 1.54) is 0 Å². The maximum Gasteiger partial charge on any atom is 0.119 e. The summed E-state index contributed by atoms with van der Waals surface area (Å²) < 4.78 is 11.1. The molecule has 0 saturated carbocycles. The third kappa shape index (κ3) is 4.82. The van der Waals surface area contributed by atoms with Crippen LogP contribution in [0.3, 0.4) is 0 Å². The molecule has 0 bridgehead atoms. The summed E-state index contributed by atoms with van der Waals surface area (Å²) in [5.74, 6) is 0.786. The molecule has 1 aliphatic rings. The summed E-state index contributed by atoms with van der Waals surface area (Å²) in [6, 6.07) is 9.81. The summed E-state index contributed by atoms with van der Waals surface area (Å²) in [6.45, 7) is 3.78. The number of hydrogen-bond acceptors (Lipinski definition) is 4. The first-order chi connectivity index (χ1) is 9.25. The number of rotatable bonds is 7. The number of para-hydroxylation sites is 1. The highest BCUT2D eigenvalue weighted by Crippen LogP contribution is 2.15. The van der Waals surface area contributed by atoms with E-state index in [-0.39, 0.29) is 12.1 Å². The normalized spacial score (nSPS) is 22.1. The van der Waals surface area contributed by atoms with Gasteiger partial charge in [-0.05, 0) is 31.9 Å². The van der Waals surface area contributed by atoms with Gasteiger partial charge in [0.1, 0.15) is 18.5 Å². The van der Waals surface area contributed by atoms with Crippen molar-refractivity contribution in [2.75, 3.05) is 19.8 Å². The Morgan fingerprint density at radius 1 is 1.42 bits per heavy atom. The summed E-state index contributed by atoms with van der Waals surface area (Å²) in [7, 11) is 0. The van der Waals surface area contributed by atoms with E-state index >= 15 is 0 Å². The summed E-state index contributed by atoms with van der Waals surface area (Å²) in [5, 5.41) is 13.2. The molecule has 0 amide bonds. The van der Waals surface area contributed by atoms with Gasteiger partial charge < -0.3 is 19.9 Å². The Balaban J connectivity index is 1.62. The van der Waals surface area contributed by atoms with Crippen LogP contribution in [0.5, 0.6) is 5.75 Å². The highest BCUT2D eigenvalue weighted by molar-refractivity contribution is 5.20. The first kappa shape index (κ1) is 14.3. The van der Waals surface area contributed by atoms with Crippen molar-refractivity contribution in [2.24, 2.45) is 0 Å². The van der Waals surface area contributed by atoms with Gasteiger partial charge in [-0.2, -0.15) is 0 Å². The first-order valence-electron chi connectivity index (χ1n) is 6.96. The number of hydrogen-bond donors (Lipinski definition) is 2. The van der Waals surface area contributed by atoms with Crippen LogP contribution in [0, 0.1) is 0 Å². The van der Waals surface area contributed by atoms with Crippen molar-refractivity contribution in [3.05, 3.63) is 30.3 Å². The zero-order chi connectivity index (χ0) is 13.5. The van der Waals surface area contributed by atoms with Crippen LogP contribution >= 0.6 is 0 Å². The summed E-state index contributed by atoms with van der Waals surface area (Å²) in [6.07, 6.45) is 2.01. The summed E-state index contributed by atoms with van der Waals surface area (Å²) in [5.41, 5.74) is 0. The van der Waals surface area contributed by atoms with E-state index in [1.54, 1.807) is 0 Å². The van der Waals surface area contributed by atoms with Gasteiger partial charge in [0.25, 0.3) is 0 Å². The first-order valence-corrected chi connectivity index (χ1v) is 6.96. The van der Waals surface area contributed by atoms with Crippen LogP contribution < -0.4 is 10.1 Å². The van der Waals surface area contributed by atoms with Gasteiger partial charge in [0.15, 0.2) is 0 Å². The van der Waals surface area contributed by atoms with Gasteiger partial charge in [0.2, 0.25) is 0 Å². The second-order valence-corrected chi connectivity index (χ2v) is 5.03. The van der Waals surface area contributed by atoms with Gasteiger partial charge in [-0.25, -0.2) is 0 Å². The van der Waals surface area contributed by atoms with Crippen LogP contribution in [0.15, 0.2) is 30.3 Å². The van der Waals surface area contributed by atoms with Crippen LogP contribution in [-0.2, 0) is 4.74 Å². The van der Waals surface area contributed by atoms with E-state index in [2.05, 4.69) is 12.2 Å². The van der Waals surface area contributed by atoms with Crippen LogP contribution in [-0.4, -0.2) is 43.1 Å². The number of nitrogens with one attached hydrogen (secondary N) is 1. The molecule has 1 aliphatic heterocycles. The van der Waals surface area contributed by atoms with Crippen LogP contribution in [0.4, 0.5) is 0 Å². The number of benzene rings is 1. The third-order valence-corrected chi connectivity index (χ3v) is 3.38. The highest BCUT2D eigenvalue weighted by Gasteiger charge is 2.22. The fourth-order valence-electron chi connectivity index (χ4n) is 2.22. The van der Waals surface area contributed by atoms with Crippen molar-refractivity contribution in [1.82, 2.24) is 5.32 Å². The molecule has 106 valence electrons. The molecule has 1 saturated heterocycles. The second kappa shape index (κ2) is 7.48. The Labute approximate surface area is 114 Å². The lowest BCUT2D eigenvalue weighted by Gasteiger charge is -2.22. The van der Waals surface area contributed by atoms with Crippen LogP contribution in [0.1, 0.15) is 19.8 Å². The molecule has 0 radical (unpaired) electrons. The maximum absolute atomic E-state index is 9.87. The van der Waals surface area contributed by atoms with Crippen molar-refractivity contribution in [3.8, 4) is 5.75 Å². The fourth-order valence-corrected chi connectivity index (χ4v) is 2.22. The monoisotopic (exact) mass is 265 g/mol. The van der Waals surface area contributed by atoms with Crippen LogP contribution in [0.25, 0.3) is 0 Å².